The fourth-order valence-corrected chi connectivity index (χ4v) is 1.11. The van der Waals surface area contributed by atoms with Crippen molar-refractivity contribution in [3.05, 3.63) is 34.2 Å². The highest BCUT2D eigenvalue weighted by atomic mass is 16.4. The second-order valence-corrected chi connectivity index (χ2v) is 2.73. The molecule has 0 aromatic carbocycles. The highest BCUT2D eigenvalue weighted by Crippen LogP contribution is 1.96. The van der Waals surface area contributed by atoms with Crippen LogP contribution in [-0.2, 0) is 17.8 Å². The second kappa shape index (κ2) is 3.89. The molecule has 0 amide bonds. The van der Waals surface area contributed by atoms with E-state index < -0.39 is 5.97 Å². The quantitative estimate of drug-likeness (QED) is 0.738. The van der Waals surface area contributed by atoms with Crippen LogP contribution >= 0.6 is 0 Å². The zero-order valence-corrected chi connectivity index (χ0v) is 7.36. The fourth-order valence-electron chi connectivity index (χ4n) is 1.11. The van der Waals surface area contributed by atoms with Gasteiger partial charge in [0.05, 0.1) is 6.42 Å². The Kier molecular flexibility index (Phi) is 2.84. The molecule has 0 bridgehead atoms. The van der Waals surface area contributed by atoms with Gasteiger partial charge in [-0.1, -0.05) is 6.07 Å². The van der Waals surface area contributed by atoms with Crippen LogP contribution in [0.2, 0.25) is 0 Å². The molecule has 1 N–H and O–H groups in total. The number of aliphatic carboxylic acids is 1. The maximum Gasteiger partial charge on any atom is 0.307 e. The molecule has 0 saturated heterocycles. The molecule has 4 heteroatoms. The lowest BCUT2D eigenvalue weighted by Gasteiger charge is -2.02. The Morgan fingerprint density at radius 2 is 2.23 bits per heavy atom. The third kappa shape index (κ3) is 2.43. The van der Waals surface area contributed by atoms with Crippen LogP contribution < -0.4 is 5.56 Å². The Bertz CT molecular complexity index is 367. The van der Waals surface area contributed by atoms with Gasteiger partial charge in [-0.25, -0.2) is 0 Å². The van der Waals surface area contributed by atoms with Gasteiger partial charge in [-0.15, -0.1) is 0 Å². The van der Waals surface area contributed by atoms with Gasteiger partial charge >= 0.3 is 5.97 Å². The minimum atomic E-state index is -0.888. The maximum atomic E-state index is 11.1. The second-order valence-electron chi connectivity index (χ2n) is 2.73. The maximum absolute atomic E-state index is 11.1. The standard InChI is InChI=1S/C9H11NO3/c1-2-10-6-7(5-9(12)13)3-4-8(10)11/h3-4,6H,2,5H2,1H3,(H,12,13). The Morgan fingerprint density at radius 3 is 2.77 bits per heavy atom. The first-order chi connectivity index (χ1) is 6.13. The predicted octanol–water partition coefficient (Wildman–Crippen LogP) is 0.495. The van der Waals surface area contributed by atoms with Crippen molar-refractivity contribution in [1.82, 2.24) is 4.57 Å². The summed E-state index contributed by atoms with van der Waals surface area (Å²) in [5, 5.41) is 8.51. The zero-order valence-electron chi connectivity index (χ0n) is 7.36. The van der Waals surface area contributed by atoms with Crippen LogP contribution in [0.1, 0.15) is 12.5 Å². The summed E-state index contributed by atoms with van der Waals surface area (Å²) in [7, 11) is 0. The first-order valence-corrected chi connectivity index (χ1v) is 4.04. The van der Waals surface area contributed by atoms with Gasteiger partial charge in [0, 0.05) is 18.8 Å². The third-order valence-corrected chi connectivity index (χ3v) is 1.74. The SMILES string of the molecule is CCn1cc(CC(=O)O)ccc1=O. The Morgan fingerprint density at radius 1 is 1.54 bits per heavy atom. The van der Waals surface area contributed by atoms with Gasteiger partial charge in [0.2, 0.25) is 0 Å². The Hall–Kier alpha value is -1.58. The summed E-state index contributed by atoms with van der Waals surface area (Å²) in [6.45, 7) is 2.40. The van der Waals surface area contributed by atoms with Gasteiger partial charge in [-0.3, -0.25) is 9.59 Å². The number of hydrogen-bond donors (Lipinski definition) is 1. The number of hydrogen-bond acceptors (Lipinski definition) is 2. The lowest BCUT2D eigenvalue weighted by molar-refractivity contribution is -0.136. The number of carboxylic acids is 1. The molecule has 1 heterocycles. The molecule has 0 aliphatic heterocycles. The lowest BCUT2D eigenvalue weighted by Crippen LogP contribution is -2.18. The van der Waals surface area contributed by atoms with Gasteiger partial charge in [-0.2, -0.15) is 0 Å². The largest absolute Gasteiger partial charge is 0.481 e. The average molecular weight is 181 g/mol. The molecule has 1 aromatic rings. The molecule has 0 fully saturated rings. The number of carboxylic acid groups (broad SMARTS) is 1. The smallest absolute Gasteiger partial charge is 0.307 e. The van der Waals surface area contributed by atoms with E-state index in [1.54, 1.807) is 12.3 Å². The number of rotatable bonds is 3. The molecular formula is C9H11NO3. The van der Waals surface area contributed by atoms with E-state index in [-0.39, 0.29) is 12.0 Å². The van der Waals surface area contributed by atoms with E-state index >= 15 is 0 Å². The number of aromatic nitrogens is 1. The van der Waals surface area contributed by atoms with Crippen LogP contribution in [0.15, 0.2) is 23.1 Å². The summed E-state index contributed by atoms with van der Waals surface area (Å²) < 4.78 is 1.48. The van der Waals surface area contributed by atoms with Crippen molar-refractivity contribution in [2.75, 3.05) is 0 Å². The zero-order chi connectivity index (χ0) is 9.84. The molecule has 0 aliphatic carbocycles. The van der Waals surface area contributed by atoms with Crippen molar-refractivity contribution in [2.45, 2.75) is 19.9 Å². The summed E-state index contributed by atoms with van der Waals surface area (Å²) in [4.78, 5) is 21.5. The average Bonchev–Trinajstić information content (AvgIpc) is 2.07. The molecular weight excluding hydrogens is 170 g/mol. The molecule has 0 aliphatic rings. The van der Waals surface area contributed by atoms with Crippen molar-refractivity contribution >= 4 is 5.97 Å². The van der Waals surface area contributed by atoms with Crippen LogP contribution in [-0.4, -0.2) is 15.6 Å². The predicted molar refractivity (Wildman–Crippen MR) is 47.7 cm³/mol. The number of aryl methyl sites for hydroxylation is 1. The van der Waals surface area contributed by atoms with E-state index in [1.807, 2.05) is 6.92 Å². The van der Waals surface area contributed by atoms with Gasteiger partial charge in [-0.05, 0) is 12.5 Å². The first-order valence-electron chi connectivity index (χ1n) is 4.04. The minimum absolute atomic E-state index is 0.0414. The summed E-state index contributed by atoms with van der Waals surface area (Å²) in [5.41, 5.74) is 0.547. The van der Waals surface area contributed by atoms with Crippen molar-refractivity contribution < 1.29 is 9.90 Å². The van der Waals surface area contributed by atoms with Crippen molar-refractivity contribution in [3.8, 4) is 0 Å². The summed E-state index contributed by atoms with van der Waals surface area (Å²) >= 11 is 0. The number of carbonyl (C=O) groups is 1. The van der Waals surface area contributed by atoms with Gasteiger partial charge in [0.1, 0.15) is 0 Å². The number of nitrogens with zero attached hydrogens (tertiary/aromatic N) is 1. The van der Waals surface area contributed by atoms with Crippen molar-refractivity contribution in [2.24, 2.45) is 0 Å². The van der Waals surface area contributed by atoms with Gasteiger partial charge in [0.15, 0.2) is 0 Å². The monoisotopic (exact) mass is 181 g/mol. The Labute approximate surface area is 75.4 Å². The van der Waals surface area contributed by atoms with Crippen LogP contribution in [0.5, 0.6) is 0 Å². The number of pyridine rings is 1. The normalized spacial score (nSPS) is 9.92. The highest BCUT2D eigenvalue weighted by molar-refractivity contribution is 5.69. The van der Waals surface area contributed by atoms with E-state index in [2.05, 4.69) is 0 Å². The summed E-state index contributed by atoms with van der Waals surface area (Å²) in [6, 6.07) is 2.93. The van der Waals surface area contributed by atoms with E-state index in [9.17, 15) is 9.59 Å². The minimum Gasteiger partial charge on any atom is -0.481 e. The topological polar surface area (TPSA) is 59.3 Å². The first kappa shape index (κ1) is 9.51. The summed E-state index contributed by atoms with van der Waals surface area (Å²) in [6.07, 6.45) is 1.54. The van der Waals surface area contributed by atoms with Crippen LogP contribution in [0.4, 0.5) is 0 Å². The van der Waals surface area contributed by atoms with Crippen molar-refractivity contribution in [1.29, 1.82) is 0 Å². The van der Waals surface area contributed by atoms with E-state index in [1.165, 1.54) is 10.6 Å². The molecule has 1 rings (SSSR count). The molecule has 0 atom stereocenters. The van der Waals surface area contributed by atoms with E-state index in [0.29, 0.717) is 12.1 Å². The fraction of sp³-hybridized carbons (Fsp3) is 0.333. The lowest BCUT2D eigenvalue weighted by atomic mass is 10.2. The molecule has 0 spiro atoms. The molecule has 0 unspecified atom stereocenters. The molecule has 4 nitrogen and oxygen atoms in total. The summed E-state index contributed by atoms with van der Waals surface area (Å²) in [5.74, 6) is -0.888. The Balaban J connectivity index is 2.99. The molecule has 13 heavy (non-hydrogen) atoms. The molecule has 0 saturated carbocycles. The molecule has 1 aromatic heterocycles. The highest BCUT2D eigenvalue weighted by Gasteiger charge is 2.01. The van der Waals surface area contributed by atoms with E-state index in [0.717, 1.165) is 0 Å². The van der Waals surface area contributed by atoms with E-state index in [4.69, 9.17) is 5.11 Å². The van der Waals surface area contributed by atoms with Crippen LogP contribution in [0, 0.1) is 0 Å². The van der Waals surface area contributed by atoms with Crippen molar-refractivity contribution in [3.63, 3.8) is 0 Å². The molecule has 70 valence electrons. The van der Waals surface area contributed by atoms with Crippen LogP contribution in [0.3, 0.4) is 0 Å². The molecule has 0 radical (unpaired) electrons. The third-order valence-electron chi connectivity index (χ3n) is 1.74. The van der Waals surface area contributed by atoms with Crippen LogP contribution in [0.25, 0.3) is 0 Å². The van der Waals surface area contributed by atoms with Gasteiger partial charge in [0.25, 0.3) is 5.56 Å². The van der Waals surface area contributed by atoms with Gasteiger partial charge < -0.3 is 9.67 Å².